The van der Waals surface area contributed by atoms with Crippen LogP contribution in [-0.4, -0.2) is 94.2 Å². The van der Waals surface area contributed by atoms with Crippen molar-refractivity contribution in [3.05, 3.63) is 71.8 Å². The number of ketones is 1. The van der Waals surface area contributed by atoms with Gasteiger partial charge in [0.1, 0.15) is 12.6 Å². The molecule has 57 heavy (non-hydrogen) atoms. The molecule has 0 saturated heterocycles. The normalized spacial score (nSPS) is 15.6. The number of nitrogens with zero attached hydrogens (tertiary/aromatic N) is 1. The highest BCUT2D eigenvalue weighted by molar-refractivity contribution is 6.29. The van der Waals surface area contributed by atoms with Crippen LogP contribution in [0.5, 0.6) is 0 Å². The topological polar surface area (TPSA) is 280 Å². The van der Waals surface area contributed by atoms with Gasteiger partial charge in [-0.05, 0) is 69.0 Å². The molecule has 2 aromatic carbocycles. The standard InChI is InChI=1S/C41H61N7O9/c1-24(2)33(45)37(53)47-34(25(3)4)38(54)48(32(50)19-18-31(49)30(44)22-28-14-9-7-10-15-28)39(55)41(20-13-21-42,35(51)27(6)46-36(52)26(5)43)40(56)57-23-29-16-11-8-12-17-29/h7-12,14-17,24-27,30-31,33-34,49H,13,18-23,42-45H2,1-6H3,(H,46,52)(H,47,53)/t26?,27?,30-,31-,33?,34?,41?/m0/s1. The maximum Gasteiger partial charge on any atom is 0.329 e. The van der Waals surface area contributed by atoms with Crippen molar-refractivity contribution >= 4 is 41.3 Å². The van der Waals surface area contributed by atoms with Gasteiger partial charge in [0.15, 0.2) is 5.78 Å². The molecular weight excluding hydrogens is 734 g/mol. The third kappa shape index (κ3) is 13.4. The number of carbonyl (C=O) groups excluding carboxylic acids is 7. The first-order valence-electron chi connectivity index (χ1n) is 19.3. The lowest BCUT2D eigenvalue weighted by Gasteiger charge is -2.36. The number of nitrogens with two attached hydrogens (primary N) is 4. The summed E-state index contributed by atoms with van der Waals surface area (Å²) < 4.78 is 5.61. The number of esters is 1. The molecule has 314 valence electrons. The molecule has 0 aliphatic rings. The molecule has 0 heterocycles. The smallest absolute Gasteiger partial charge is 0.329 e. The molecule has 16 heteroatoms. The first-order chi connectivity index (χ1) is 26.8. The fourth-order valence-corrected chi connectivity index (χ4v) is 5.97. The Kier molecular flexibility index (Phi) is 19.3. The van der Waals surface area contributed by atoms with E-state index in [1.807, 2.05) is 18.2 Å². The Morgan fingerprint density at radius 1 is 0.789 bits per heavy atom. The zero-order valence-electron chi connectivity index (χ0n) is 33.8. The van der Waals surface area contributed by atoms with Crippen molar-refractivity contribution in [3.63, 3.8) is 0 Å². The van der Waals surface area contributed by atoms with Crippen LogP contribution in [0, 0.1) is 17.3 Å². The maximum atomic E-state index is 15.2. The van der Waals surface area contributed by atoms with E-state index in [-0.39, 0.29) is 36.6 Å². The molecule has 0 aromatic heterocycles. The van der Waals surface area contributed by atoms with Gasteiger partial charge >= 0.3 is 5.97 Å². The van der Waals surface area contributed by atoms with Crippen LogP contribution in [0.4, 0.5) is 0 Å². The zero-order chi connectivity index (χ0) is 43.0. The second-order valence-electron chi connectivity index (χ2n) is 15.1. The number of hydrogen-bond donors (Lipinski definition) is 7. The van der Waals surface area contributed by atoms with Crippen molar-refractivity contribution in [2.75, 3.05) is 6.54 Å². The summed E-state index contributed by atoms with van der Waals surface area (Å²) in [6.45, 7) is 8.52. The van der Waals surface area contributed by atoms with Gasteiger partial charge < -0.3 is 43.4 Å². The number of aliphatic hydroxyl groups is 1. The summed E-state index contributed by atoms with van der Waals surface area (Å²) in [5.74, 6) is -9.29. The van der Waals surface area contributed by atoms with Gasteiger partial charge in [0, 0.05) is 12.5 Å². The van der Waals surface area contributed by atoms with Crippen molar-refractivity contribution in [1.29, 1.82) is 0 Å². The Hall–Kier alpha value is -4.87. The molecule has 5 amide bonds. The first kappa shape index (κ1) is 48.3. The monoisotopic (exact) mass is 795 g/mol. The predicted octanol–water partition coefficient (Wildman–Crippen LogP) is 0.593. The van der Waals surface area contributed by atoms with Crippen molar-refractivity contribution in [1.82, 2.24) is 15.5 Å². The van der Waals surface area contributed by atoms with E-state index in [1.54, 1.807) is 70.2 Å². The number of aliphatic hydroxyl groups excluding tert-OH is 1. The van der Waals surface area contributed by atoms with E-state index in [4.69, 9.17) is 27.7 Å². The SMILES string of the molecule is CC(N)C(=O)NC(C)C(=O)C(CCCN)(C(=O)OCc1ccccc1)C(=O)N(C(=O)CC[C@H](O)[C@@H](N)Cc1ccccc1)C(=O)C(NC(=O)C(N)C(C)C)C(C)C. The number of nitrogens with one attached hydrogen (secondary N) is 2. The lowest BCUT2D eigenvalue weighted by molar-refractivity contribution is -0.174. The molecule has 0 bridgehead atoms. The van der Waals surface area contributed by atoms with Crippen LogP contribution >= 0.6 is 0 Å². The molecule has 7 atom stereocenters. The minimum atomic E-state index is -2.92. The van der Waals surface area contributed by atoms with Crippen LogP contribution in [0.1, 0.15) is 78.4 Å². The molecule has 2 rings (SSSR count). The highest BCUT2D eigenvalue weighted by atomic mass is 16.5. The molecule has 0 spiro atoms. The Labute approximate surface area is 334 Å². The summed E-state index contributed by atoms with van der Waals surface area (Å²) in [7, 11) is 0. The molecule has 5 unspecified atom stereocenters. The summed E-state index contributed by atoms with van der Waals surface area (Å²) in [5.41, 5.74) is 22.3. The van der Waals surface area contributed by atoms with E-state index in [1.165, 1.54) is 13.8 Å². The van der Waals surface area contributed by atoms with Gasteiger partial charge in [-0.15, -0.1) is 0 Å². The molecule has 16 nitrogen and oxygen atoms in total. The Bertz CT molecular complexity index is 1670. The fourth-order valence-electron chi connectivity index (χ4n) is 5.97. The van der Waals surface area contributed by atoms with Crippen molar-refractivity contribution in [3.8, 4) is 0 Å². The van der Waals surface area contributed by atoms with Gasteiger partial charge in [0.05, 0.1) is 24.2 Å². The van der Waals surface area contributed by atoms with Crippen molar-refractivity contribution < 1.29 is 43.4 Å². The van der Waals surface area contributed by atoms with Gasteiger partial charge in [0.25, 0.3) is 11.8 Å². The van der Waals surface area contributed by atoms with Gasteiger partial charge in [-0.2, -0.15) is 0 Å². The molecule has 0 saturated carbocycles. The van der Waals surface area contributed by atoms with Gasteiger partial charge in [0.2, 0.25) is 23.1 Å². The van der Waals surface area contributed by atoms with E-state index >= 15 is 4.79 Å². The van der Waals surface area contributed by atoms with Gasteiger partial charge in [-0.25, -0.2) is 4.90 Å². The lowest BCUT2D eigenvalue weighted by atomic mass is 9.74. The van der Waals surface area contributed by atoms with Crippen LogP contribution in [0.15, 0.2) is 60.7 Å². The number of imide groups is 3. The summed E-state index contributed by atoms with van der Waals surface area (Å²) in [6.07, 6.45) is -2.82. The van der Waals surface area contributed by atoms with Crippen LogP contribution < -0.4 is 33.6 Å². The van der Waals surface area contributed by atoms with E-state index < -0.39 is 108 Å². The average Bonchev–Trinajstić information content (AvgIpc) is 3.18. The van der Waals surface area contributed by atoms with Crippen molar-refractivity contribution in [2.45, 2.75) is 117 Å². The van der Waals surface area contributed by atoms with E-state index in [2.05, 4.69) is 10.6 Å². The quantitative estimate of drug-likeness (QED) is 0.0636. The molecule has 0 radical (unpaired) electrons. The molecule has 2 aromatic rings. The predicted molar refractivity (Wildman–Crippen MR) is 213 cm³/mol. The Morgan fingerprint density at radius 3 is 1.86 bits per heavy atom. The summed E-state index contributed by atoms with van der Waals surface area (Å²) in [6, 6.07) is 11.3. The third-order valence-electron chi connectivity index (χ3n) is 9.66. The number of carbonyl (C=O) groups is 7. The molecule has 11 N–H and O–H groups in total. The van der Waals surface area contributed by atoms with E-state index in [0.717, 1.165) is 5.56 Å². The maximum absolute atomic E-state index is 15.2. The van der Waals surface area contributed by atoms with Crippen LogP contribution in [-0.2, 0) is 51.3 Å². The fraction of sp³-hybridized carbons (Fsp3) is 0.537. The van der Waals surface area contributed by atoms with Crippen LogP contribution in [0.25, 0.3) is 0 Å². The summed E-state index contributed by atoms with van der Waals surface area (Å²) in [4.78, 5) is 99.4. The average molecular weight is 796 g/mol. The third-order valence-corrected chi connectivity index (χ3v) is 9.66. The minimum absolute atomic E-state index is 0.139. The van der Waals surface area contributed by atoms with E-state index in [0.29, 0.717) is 5.56 Å². The molecule has 0 aliphatic heterocycles. The number of amides is 5. The first-order valence-corrected chi connectivity index (χ1v) is 19.3. The van der Waals surface area contributed by atoms with E-state index in [9.17, 15) is 33.9 Å². The highest BCUT2D eigenvalue weighted by Gasteiger charge is 2.59. The second-order valence-corrected chi connectivity index (χ2v) is 15.1. The minimum Gasteiger partial charge on any atom is -0.460 e. The molecule has 0 fully saturated rings. The van der Waals surface area contributed by atoms with Gasteiger partial charge in [-0.1, -0.05) is 88.4 Å². The van der Waals surface area contributed by atoms with Crippen LogP contribution in [0.2, 0.25) is 0 Å². The summed E-state index contributed by atoms with van der Waals surface area (Å²) >= 11 is 0. The molecular formula is C41H61N7O9. The zero-order valence-corrected chi connectivity index (χ0v) is 33.8. The van der Waals surface area contributed by atoms with Crippen molar-refractivity contribution in [2.24, 2.45) is 40.2 Å². The highest BCUT2D eigenvalue weighted by Crippen LogP contribution is 2.34. The number of rotatable bonds is 22. The lowest BCUT2D eigenvalue weighted by Crippen LogP contribution is -2.64. The summed E-state index contributed by atoms with van der Waals surface area (Å²) in [5, 5.41) is 16.0. The number of hydrogen-bond acceptors (Lipinski definition) is 13. The number of benzene rings is 2. The molecule has 0 aliphatic carbocycles. The Balaban J connectivity index is 2.77. The Morgan fingerprint density at radius 2 is 1.35 bits per heavy atom. The largest absolute Gasteiger partial charge is 0.460 e. The second kappa shape index (κ2) is 22.8. The number of Topliss-reactive ketones (excluding diaryl/α,β-unsaturated/α-hetero) is 1. The number of ether oxygens (including phenoxy) is 1. The van der Waals surface area contributed by atoms with Gasteiger partial charge in [-0.3, -0.25) is 33.6 Å². The van der Waals surface area contributed by atoms with Crippen LogP contribution in [0.3, 0.4) is 0 Å².